The summed E-state index contributed by atoms with van der Waals surface area (Å²) in [5, 5.41) is 7.00. The van der Waals surface area contributed by atoms with Gasteiger partial charge in [-0.25, -0.2) is 0 Å². The second-order valence-corrected chi connectivity index (χ2v) is 13.0. The van der Waals surface area contributed by atoms with E-state index in [4.69, 9.17) is 14.6 Å². The molecule has 0 radical (unpaired) electrons. The topological polar surface area (TPSA) is 47.9 Å². The molecule has 0 amide bonds. The summed E-state index contributed by atoms with van der Waals surface area (Å²) in [4.78, 5) is 0. The number of methoxy groups -OCH3 is 3. The minimum atomic E-state index is -0.417. The molecule has 3 aromatic rings. The third-order valence-corrected chi connectivity index (χ3v) is 8.30. The van der Waals surface area contributed by atoms with Gasteiger partial charge >= 0.3 is 0 Å². The van der Waals surface area contributed by atoms with Gasteiger partial charge < -0.3 is 19.3 Å². The predicted octanol–water partition coefficient (Wildman–Crippen LogP) is 14.1. The summed E-state index contributed by atoms with van der Waals surface area (Å²) >= 11 is 0. The summed E-state index contributed by atoms with van der Waals surface area (Å²) < 4.78 is 14.0. The lowest BCUT2D eigenvalue weighted by Crippen LogP contribution is -2.24. The lowest BCUT2D eigenvalue weighted by atomic mass is 9.82. The standard InChI is InChI=1S/3C11H16.C5H12O2.C2H6O.3C2H6.CH4O/c3*1-4-11(2,3)10-8-6-5-7-9-10;1-5(2,6-3)7-4;1-3-2;4*1-2/h3*5-9H,4H2,1-3H3;1-4H3;1-2H3;3*1-2H3;2H,1H3. The Morgan fingerprint density at radius 2 is 0.549 bits per heavy atom. The van der Waals surface area contributed by atoms with Crippen molar-refractivity contribution in [3.63, 3.8) is 0 Å². The lowest BCUT2D eigenvalue weighted by Gasteiger charge is -2.22. The van der Waals surface area contributed by atoms with E-state index in [9.17, 15) is 0 Å². The van der Waals surface area contributed by atoms with Crippen LogP contribution in [0.2, 0.25) is 0 Å². The summed E-state index contributed by atoms with van der Waals surface area (Å²) in [5.41, 5.74) is 5.30. The zero-order chi connectivity index (χ0) is 41.6. The van der Waals surface area contributed by atoms with Crippen LogP contribution in [0.4, 0.5) is 0 Å². The van der Waals surface area contributed by atoms with E-state index in [1.54, 1.807) is 28.4 Å². The summed E-state index contributed by atoms with van der Waals surface area (Å²) in [7, 11) is 7.48. The van der Waals surface area contributed by atoms with Gasteiger partial charge in [-0.1, -0.05) is 195 Å². The van der Waals surface area contributed by atoms with E-state index in [0.717, 1.165) is 7.11 Å². The van der Waals surface area contributed by atoms with Gasteiger partial charge in [0.15, 0.2) is 5.79 Å². The zero-order valence-corrected chi connectivity index (χ0v) is 38.0. The SMILES string of the molecule is CC.CC.CC.CCC(C)(C)c1ccccc1.CCC(C)(C)c1ccccc1.CCC(C)(C)c1ccccc1.CO.COC.COC(C)(C)OC. The highest BCUT2D eigenvalue weighted by Gasteiger charge is 2.18. The summed E-state index contributed by atoms with van der Waals surface area (Å²) in [6.07, 6.45) is 3.57. The van der Waals surface area contributed by atoms with Crippen molar-refractivity contribution in [2.24, 2.45) is 0 Å². The monoisotopic (exact) mass is 717 g/mol. The van der Waals surface area contributed by atoms with Gasteiger partial charge in [-0.15, -0.1) is 0 Å². The van der Waals surface area contributed by atoms with Crippen LogP contribution in [0.25, 0.3) is 0 Å². The lowest BCUT2D eigenvalue weighted by molar-refractivity contribution is -0.178. The fraction of sp³-hybridized carbons (Fsp3) is 0.617. The summed E-state index contributed by atoms with van der Waals surface area (Å²) in [5.74, 6) is -0.417. The molecule has 0 aliphatic carbocycles. The van der Waals surface area contributed by atoms with Crippen LogP contribution < -0.4 is 0 Å². The molecule has 3 aromatic carbocycles. The van der Waals surface area contributed by atoms with E-state index < -0.39 is 5.79 Å². The summed E-state index contributed by atoms with van der Waals surface area (Å²) in [6.45, 7) is 36.1. The Labute approximate surface area is 320 Å². The molecule has 0 fully saturated rings. The number of rotatable bonds is 8. The third-order valence-electron chi connectivity index (χ3n) is 8.30. The van der Waals surface area contributed by atoms with Gasteiger partial charge in [0.05, 0.1) is 0 Å². The molecule has 0 aliphatic rings. The largest absolute Gasteiger partial charge is 0.400 e. The highest BCUT2D eigenvalue weighted by Crippen LogP contribution is 2.27. The Hall–Kier alpha value is -2.50. The van der Waals surface area contributed by atoms with E-state index in [2.05, 4.69) is 158 Å². The molecule has 0 unspecified atom stereocenters. The van der Waals surface area contributed by atoms with Gasteiger partial charge in [-0.05, 0) is 66.0 Å². The highest BCUT2D eigenvalue weighted by atomic mass is 16.7. The van der Waals surface area contributed by atoms with Gasteiger partial charge in [0, 0.05) is 35.5 Å². The number of benzene rings is 3. The van der Waals surface area contributed by atoms with E-state index in [0.29, 0.717) is 16.2 Å². The smallest absolute Gasteiger partial charge is 0.161 e. The quantitative estimate of drug-likeness (QED) is 0.236. The first-order valence-electron chi connectivity index (χ1n) is 19.2. The van der Waals surface area contributed by atoms with E-state index >= 15 is 0 Å². The molecule has 0 atom stereocenters. The first-order valence-corrected chi connectivity index (χ1v) is 19.2. The minimum Gasteiger partial charge on any atom is -0.400 e. The molecular formula is C47H88O4. The van der Waals surface area contributed by atoms with Crippen LogP contribution in [0.5, 0.6) is 0 Å². The van der Waals surface area contributed by atoms with Crippen molar-refractivity contribution in [3.8, 4) is 0 Å². The third kappa shape index (κ3) is 33.1. The first-order chi connectivity index (χ1) is 24.0. The Morgan fingerprint density at radius 1 is 0.392 bits per heavy atom. The van der Waals surface area contributed by atoms with Crippen molar-refractivity contribution in [1.82, 2.24) is 0 Å². The van der Waals surface area contributed by atoms with Gasteiger partial charge in [-0.3, -0.25) is 0 Å². The minimum absolute atomic E-state index is 0.335. The first kappa shape index (κ1) is 60.6. The van der Waals surface area contributed by atoms with Gasteiger partial charge in [-0.2, -0.15) is 0 Å². The molecule has 0 aliphatic heterocycles. The van der Waals surface area contributed by atoms with Crippen LogP contribution in [0.3, 0.4) is 0 Å². The molecule has 51 heavy (non-hydrogen) atoms. The normalized spacial score (nSPS) is 9.94. The van der Waals surface area contributed by atoms with Crippen molar-refractivity contribution in [1.29, 1.82) is 0 Å². The van der Waals surface area contributed by atoms with Crippen LogP contribution in [0.1, 0.15) is 154 Å². The van der Waals surface area contributed by atoms with Crippen LogP contribution in [0.15, 0.2) is 91.0 Å². The average molecular weight is 717 g/mol. The molecule has 0 saturated carbocycles. The van der Waals surface area contributed by atoms with Crippen LogP contribution in [-0.4, -0.2) is 46.4 Å². The molecule has 0 bridgehead atoms. The summed E-state index contributed by atoms with van der Waals surface area (Å²) in [6, 6.07) is 32.0. The van der Waals surface area contributed by atoms with Gasteiger partial charge in [0.2, 0.25) is 0 Å². The van der Waals surface area contributed by atoms with Crippen molar-refractivity contribution in [2.75, 3.05) is 35.5 Å². The molecule has 0 saturated heterocycles. The Morgan fingerprint density at radius 3 is 0.647 bits per heavy atom. The number of aliphatic hydroxyl groups is 1. The van der Waals surface area contributed by atoms with Crippen LogP contribution >= 0.6 is 0 Å². The molecule has 1 N–H and O–H groups in total. The number of aliphatic hydroxyl groups excluding tert-OH is 1. The van der Waals surface area contributed by atoms with Crippen molar-refractivity contribution >= 4 is 0 Å². The number of hydrogen-bond acceptors (Lipinski definition) is 4. The molecule has 4 heteroatoms. The highest BCUT2D eigenvalue weighted by molar-refractivity contribution is 5.24. The maximum Gasteiger partial charge on any atom is 0.161 e. The number of ether oxygens (including phenoxy) is 3. The maximum atomic E-state index is 7.00. The average Bonchev–Trinajstić information content (AvgIpc) is 3.20. The maximum absolute atomic E-state index is 7.00. The van der Waals surface area contributed by atoms with E-state index in [-0.39, 0.29) is 0 Å². The second-order valence-electron chi connectivity index (χ2n) is 13.0. The molecule has 0 spiro atoms. The molecule has 3 rings (SSSR count). The Balaban J connectivity index is -0.000000122. The second kappa shape index (κ2) is 38.7. The fourth-order valence-corrected chi connectivity index (χ4v) is 3.36. The van der Waals surface area contributed by atoms with Crippen LogP contribution in [-0.2, 0) is 30.5 Å². The molecular weight excluding hydrogens is 629 g/mol. The van der Waals surface area contributed by atoms with Gasteiger partial charge in [0.25, 0.3) is 0 Å². The molecule has 0 aromatic heterocycles. The van der Waals surface area contributed by atoms with Crippen molar-refractivity contribution in [3.05, 3.63) is 108 Å². The number of hydrogen-bond donors (Lipinski definition) is 1. The van der Waals surface area contributed by atoms with Gasteiger partial charge in [0.1, 0.15) is 0 Å². The van der Waals surface area contributed by atoms with E-state index in [1.165, 1.54) is 36.0 Å². The molecule has 300 valence electrons. The zero-order valence-electron chi connectivity index (χ0n) is 38.0. The van der Waals surface area contributed by atoms with E-state index in [1.807, 2.05) is 55.4 Å². The fourth-order valence-electron chi connectivity index (χ4n) is 3.36. The predicted molar refractivity (Wildman–Crippen MR) is 232 cm³/mol. The Kier molecular flexibility index (Phi) is 46.0. The Bertz CT molecular complexity index is 899. The van der Waals surface area contributed by atoms with Crippen LogP contribution in [0, 0.1) is 0 Å². The van der Waals surface area contributed by atoms with Crippen molar-refractivity contribution < 1.29 is 19.3 Å². The molecule has 0 heterocycles. The van der Waals surface area contributed by atoms with Crippen molar-refractivity contribution in [2.45, 2.75) is 159 Å². The molecule has 4 nitrogen and oxygen atoms in total.